The lowest BCUT2D eigenvalue weighted by Gasteiger charge is -2.11. The fourth-order valence-electron chi connectivity index (χ4n) is 4.91. The van der Waals surface area contributed by atoms with Crippen LogP contribution in [0.15, 0.2) is 83.3 Å². The second-order valence-corrected chi connectivity index (χ2v) is 11.6. The average molecular weight is 649 g/mol. The summed E-state index contributed by atoms with van der Waals surface area (Å²) in [6, 6.07) is 22.8. The summed E-state index contributed by atoms with van der Waals surface area (Å²) >= 11 is 0. The van der Waals surface area contributed by atoms with Gasteiger partial charge in [0.15, 0.2) is 0 Å². The second-order valence-electron chi connectivity index (χ2n) is 11.6. The van der Waals surface area contributed by atoms with Crippen molar-refractivity contribution in [2.75, 3.05) is 13.2 Å². The molecule has 0 N–H and O–H groups in total. The number of benzene rings is 4. The Kier molecular flexibility index (Phi) is 11.2. The minimum absolute atomic E-state index is 0.308. The van der Waals surface area contributed by atoms with Gasteiger partial charge in [0, 0.05) is 11.1 Å². The summed E-state index contributed by atoms with van der Waals surface area (Å²) < 4.78 is 28.8. The first-order valence-electron chi connectivity index (χ1n) is 16.2. The van der Waals surface area contributed by atoms with E-state index in [1.165, 1.54) is 0 Å². The normalized spacial score (nSPS) is 10.9. The topological polar surface area (TPSA) is 110 Å². The number of nitrogens with zero attached hydrogens (tertiary/aromatic N) is 2. The number of aryl methyl sites for hydroxylation is 3. The maximum atomic E-state index is 13.0. The fraction of sp³-hybridized carbons (Fsp3) is 0.282. The lowest BCUT2D eigenvalue weighted by Crippen LogP contribution is -2.11. The maximum absolute atomic E-state index is 13.0. The van der Waals surface area contributed by atoms with Gasteiger partial charge in [-0.1, -0.05) is 26.7 Å². The summed E-state index contributed by atoms with van der Waals surface area (Å²) in [6.07, 6.45) is 4.05. The van der Waals surface area contributed by atoms with Gasteiger partial charge in [0.25, 0.3) is 0 Å². The molecule has 0 aliphatic heterocycles. The molecular weight excluding hydrogens is 608 g/mol. The third-order valence-electron chi connectivity index (χ3n) is 7.73. The van der Waals surface area contributed by atoms with Crippen LogP contribution in [0.4, 0.5) is 0 Å². The highest BCUT2D eigenvalue weighted by Gasteiger charge is 2.17. The zero-order valence-corrected chi connectivity index (χ0v) is 28.0. The summed E-state index contributed by atoms with van der Waals surface area (Å²) in [5, 5.41) is 8.40. The Morgan fingerprint density at radius 2 is 1.08 bits per heavy atom. The maximum Gasteiger partial charge on any atom is 0.343 e. The van der Waals surface area contributed by atoms with Crippen LogP contribution < -0.4 is 18.9 Å². The fourth-order valence-corrected chi connectivity index (χ4v) is 4.91. The number of hydrogen-bond donors (Lipinski definition) is 0. The van der Waals surface area contributed by atoms with Crippen LogP contribution in [0.3, 0.4) is 0 Å². The molecule has 248 valence electrons. The van der Waals surface area contributed by atoms with Crippen molar-refractivity contribution in [3.63, 3.8) is 0 Å². The molecule has 0 aliphatic rings. The van der Waals surface area contributed by atoms with E-state index in [0.29, 0.717) is 58.7 Å². The highest BCUT2D eigenvalue weighted by Crippen LogP contribution is 2.30. The Labute approximate surface area is 280 Å². The third-order valence-corrected chi connectivity index (χ3v) is 7.73. The Bertz CT molecular complexity index is 1880. The van der Waals surface area contributed by atoms with E-state index < -0.39 is 11.9 Å². The Morgan fingerprint density at radius 1 is 0.583 bits per heavy atom. The van der Waals surface area contributed by atoms with Crippen molar-refractivity contribution in [2.24, 2.45) is 0 Å². The Morgan fingerprint density at radius 3 is 1.60 bits per heavy atom. The molecule has 5 rings (SSSR count). The van der Waals surface area contributed by atoms with Gasteiger partial charge in [-0.05, 0) is 129 Å². The molecule has 1 aromatic heterocycles. The first-order chi connectivity index (χ1) is 23.2. The van der Waals surface area contributed by atoms with E-state index in [9.17, 15) is 9.59 Å². The molecule has 0 radical (unpaired) electrons. The first kappa shape index (κ1) is 33.9. The number of aromatic nitrogens is 2. The van der Waals surface area contributed by atoms with Gasteiger partial charge >= 0.3 is 11.9 Å². The smallest absolute Gasteiger partial charge is 0.343 e. The van der Waals surface area contributed by atoms with Crippen LogP contribution in [-0.4, -0.2) is 35.3 Å². The van der Waals surface area contributed by atoms with E-state index in [1.54, 1.807) is 60.7 Å². The molecule has 0 saturated carbocycles. The van der Waals surface area contributed by atoms with Crippen LogP contribution in [0.1, 0.15) is 76.9 Å². The van der Waals surface area contributed by atoms with Crippen molar-refractivity contribution < 1.29 is 33.0 Å². The first-order valence-corrected chi connectivity index (χ1v) is 16.2. The van der Waals surface area contributed by atoms with Gasteiger partial charge < -0.3 is 23.4 Å². The van der Waals surface area contributed by atoms with Gasteiger partial charge in [-0.3, -0.25) is 0 Å². The third kappa shape index (κ3) is 8.47. The minimum Gasteiger partial charge on any atom is -0.494 e. The number of esters is 2. The van der Waals surface area contributed by atoms with Gasteiger partial charge in [0.1, 0.15) is 23.0 Å². The van der Waals surface area contributed by atoms with E-state index in [2.05, 4.69) is 24.0 Å². The molecule has 0 fully saturated rings. The van der Waals surface area contributed by atoms with Crippen LogP contribution in [0.2, 0.25) is 0 Å². The van der Waals surface area contributed by atoms with E-state index in [1.807, 2.05) is 39.0 Å². The van der Waals surface area contributed by atoms with Gasteiger partial charge in [-0.25, -0.2) is 9.59 Å². The molecule has 0 amide bonds. The van der Waals surface area contributed by atoms with Crippen molar-refractivity contribution in [1.29, 1.82) is 0 Å². The standard InChI is InChI=1S/C39H40N2O7/c1-6-8-20-44-31-15-17-33(25(3)23-31)38(42)46-30-13-10-28(11-14-30)36-40-41-37(48-36)29-12-19-35(27(5)22-29)47-39(43)34-18-16-32(24-26(34)4)45-21-9-7-2/h10-19,22-24H,6-9,20-21H2,1-5H3. The molecule has 0 aliphatic carbocycles. The van der Waals surface area contributed by atoms with Crippen LogP contribution in [0, 0.1) is 20.8 Å². The van der Waals surface area contributed by atoms with Crippen LogP contribution >= 0.6 is 0 Å². The number of rotatable bonds is 14. The van der Waals surface area contributed by atoms with E-state index in [4.69, 9.17) is 23.4 Å². The van der Waals surface area contributed by atoms with Crippen molar-refractivity contribution >= 4 is 11.9 Å². The highest BCUT2D eigenvalue weighted by molar-refractivity contribution is 5.93. The number of hydrogen-bond acceptors (Lipinski definition) is 9. The van der Waals surface area contributed by atoms with E-state index in [-0.39, 0.29) is 0 Å². The van der Waals surface area contributed by atoms with E-state index in [0.717, 1.165) is 53.9 Å². The zero-order chi connectivity index (χ0) is 34.0. The average Bonchev–Trinajstić information content (AvgIpc) is 3.57. The zero-order valence-electron chi connectivity index (χ0n) is 28.0. The summed E-state index contributed by atoms with van der Waals surface area (Å²) in [6.45, 7) is 11.1. The van der Waals surface area contributed by atoms with Crippen molar-refractivity contribution in [2.45, 2.75) is 60.3 Å². The Balaban J connectivity index is 1.20. The molecule has 48 heavy (non-hydrogen) atoms. The predicted octanol–water partition coefficient (Wildman–Crippen LogP) is 9.13. The summed E-state index contributed by atoms with van der Waals surface area (Å²) in [5.74, 6) is 2.01. The van der Waals surface area contributed by atoms with Crippen LogP contribution in [0.5, 0.6) is 23.0 Å². The molecule has 9 nitrogen and oxygen atoms in total. The monoisotopic (exact) mass is 648 g/mol. The highest BCUT2D eigenvalue weighted by atomic mass is 16.5. The Hall–Kier alpha value is -5.44. The predicted molar refractivity (Wildman–Crippen MR) is 183 cm³/mol. The molecular formula is C39H40N2O7. The van der Waals surface area contributed by atoms with Gasteiger partial charge in [0.2, 0.25) is 11.8 Å². The molecule has 9 heteroatoms. The van der Waals surface area contributed by atoms with Gasteiger partial charge in [0.05, 0.1) is 24.3 Å². The second kappa shape index (κ2) is 15.9. The van der Waals surface area contributed by atoms with Crippen molar-refractivity contribution in [3.8, 4) is 45.9 Å². The molecule has 0 atom stereocenters. The molecule has 0 spiro atoms. The van der Waals surface area contributed by atoms with Gasteiger partial charge in [-0.2, -0.15) is 0 Å². The summed E-state index contributed by atoms with van der Waals surface area (Å²) in [4.78, 5) is 25.8. The van der Waals surface area contributed by atoms with Crippen LogP contribution in [-0.2, 0) is 0 Å². The largest absolute Gasteiger partial charge is 0.494 e. The van der Waals surface area contributed by atoms with E-state index >= 15 is 0 Å². The van der Waals surface area contributed by atoms with Crippen LogP contribution in [0.25, 0.3) is 22.9 Å². The number of carbonyl (C=O) groups is 2. The quantitative estimate of drug-likeness (QED) is 0.0661. The SMILES string of the molecule is CCCCOc1ccc(C(=O)Oc2ccc(-c3nnc(-c4ccc(OC(=O)c5ccc(OCCCC)cc5C)c(C)c4)o3)cc2)c(C)c1. The molecule has 1 heterocycles. The number of ether oxygens (including phenoxy) is 4. The lowest BCUT2D eigenvalue weighted by molar-refractivity contribution is 0.0723. The summed E-state index contributed by atoms with van der Waals surface area (Å²) in [7, 11) is 0. The van der Waals surface area contributed by atoms with Gasteiger partial charge in [-0.15, -0.1) is 10.2 Å². The van der Waals surface area contributed by atoms with Crippen molar-refractivity contribution in [1.82, 2.24) is 10.2 Å². The summed E-state index contributed by atoms with van der Waals surface area (Å²) in [5.41, 5.74) is 4.58. The number of unbranched alkanes of at least 4 members (excludes halogenated alkanes) is 2. The molecule has 0 unspecified atom stereocenters. The molecule has 5 aromatic rings. The molecule has 4 aromatic carbocycles. The van der Waals surface area contributed by atoms with Crippen molar-refractivity contribution in [3.05, 3.63) is 107 Å². The molecule has 0 bridgehead atoms. The minimum atomic E-state index is -0.453. The number of carbonyl (C=O) groups excluding carboxylic acids is 2. The molecule has 0 saturated heterocycles. The lowest BCUT2D eigenvalue weighted by atomic mass is 10.1.